The lowest BCUT2D eigenvalue weighted by Gasteiger charge is -2.34. The normalized spacial score (nSPS) is 14.1. The zero-order chi connectivity index (χ0) is 13.7. The van der Waals surface area contributed by atoms with Crippen LogP contribution >= 0.6 is 11.8 Å². The van der Waals surface area contributed by atoms with E-state index in [4.69, 9.17) is 11.8 Å². The maximum atomic E-state index is 5.73. The van der Waals surface area contributed by atoms with Crippen LogP contribution in [0.2, 0.25) is 0 Å². The van der Waals surface area contributed by atoms with Crippen molar-refractivity contribution in [3.8, 4) is 0 Å². The molecule has 0 saturated carbocycles. The molecular formula is C13H32ClN3+2. The van der Waals surface area contributed by atoms with E-state index in [9.17, 15) is 0 Å². The molecule has 104 valence electrons. The van der Waals surface area contributed by atoms with Crippen molar-refractivity contribution in [3.63, 3.8) is 0 Å². The molecule has 1 N–H and O–H groups in total. The Morgan fingerprint density at radius 2 is 1.47 bits per heavy atom. The number of hydrogen-bond acceptors (Lipinski definition) is 1. The zero-order valence-electron chi connectivity index (χ0n) is 12.8. The Labute approximate surface area is 113 Å². The monoisotopic (exact) mass is 265 g/mol. The van der Waals surface area contributed by atoms with Crippen molar-refractivity contribution in [2.75, 3.05) is 54.9 Å². The molecule has 0 spiro atoms. The van der Waals surface area contributed by atoms with E-state index in [1.165, 1.54) is 19.5 Å². The molecule has 0 aliphatic rings. The standard InChI is InChI=1S/C13H32ClN3/c1-13(2,15-14)9-12-17(6,7)11-8-10-16(3,4)5/h15H,8-12H2,1-7H3/q+2. The molecule has 0 bridgehead atoms. The second kappa shape index (κ2) is 6.37. The molecule has 3 nitrogen and oxygen atoms in total. The summed E-state index contributed by atoms with van der Waals surface area (Å²) in [6.45, 7) is 7.91. The third-order valence-corrected chi connectivity index (χ3v) is 3.70. The highest BCUT2D eigenvalue weighted by Crippen LogP contribution is 2.13. The van der Waals surface area contributed by atoms with Gasteiger partial charge in [-0.25, -0.2) is 4.84 Å². The first-order valence-electron chi connectivity index (χ1n) is 6.48. The molecule has 0 atom stereocenters. The molecule has 0 aliphatic carbocycles. The van der Waals surface area contributed by atoms with Gasteiger partial charge < -0.3 is 8.97 Å². The third-order valence-electron chi connectivity index (χ3n) is 3.19. The first kappa shape index (κ1) is 17.2. The van der Waals surface area contributed by atoms with Crippen LogP contribution in [0.3, 0.4) is 0 Å². The molecule has 0 aliphatic heterocycles. The van der Waals surface area contributed by atoms with Gasteiger partial charge in [0.2, 0.25) is 0 Å². The number of quaternary nitrogens is 2. The fourth-order valence-electron chi connectivity index (χ4n) is 1.71. The maximum Gasteiger partial charge on any atom is 0.0836 e. The van der Waals surface area contributed by atoms with Gasteiger partial charge in [0.25, 0.3) is 0 Å². The number of rotatable bonds is 8. The van der Waals surface area contributed by atoms with Crippen LogP contribution < -0.4 is 4.84 Å². The number of hydrogen-bond donors (Lipinski definition) is 1. The zero-order valence-corrected chi connectivity index (χ0v) is 13.6. The lowest BCUT2D eigenvalue weighted by atomic mass is 10.0. The Bertz CT molecular complexity index is 219. The predicted molar refractivity (Wildman–Crippen MR) is 77.0 cm³/mol. The van der Waals surface area contributed by atoms with Crippen molar-refractivity contribution < 1.29 is 8.97 Å². The van der Waals surface area contributed by atoms with Crippen LogP contribution in [0.4, 0.5) is 0 Å². The van der Waals surface area contributed by atoms with E-state index in [1.54, 1.807) is 0 Å². The van der Waals surface area contributed by atoms with E-state index in [0.29, 0.717) is 0 Å². The quantitative estimate of drug-likeness (QED) is 0.523. The first-order chi connectivity index (χ1) is 7.47. The third kappa shape index (κ3) is 9.83. The molecule has 0 fully saturated rings. The summed E-state index contributed by atoms with van der Waals surface area (Å²) in [5.41, 5.74) is 0.0250. The molecule has 0 rings (SSSR count). The Kier molecular flexibility index (Phi) is 6.43. The van der Waals surface area contributed by atoms with Gasteiger partial charge in [0.15, 0.2) is 0 Å². The molecule has 0 heterocycles. The van der Waals surface area contributed by atoms with Crippen molar-refractivity contribution in [2.24, 2.45) is 0 Å². The summed E-state index contributed by atoms with van der Waals surface area (Å²) in [7, 11) is 11.4. The largest absolute Gasteiger partial charge is 0.331 e. The number of nitrogens with zero attached hydrogens (tertiary/aromatic N) is 2. The van der Waals surface area contributed by atoms with Crippen molar-refractivity contribution in [1.29, 1.82) is 0 Å². The molecule has 0 amide bonds. The SMILES string of the molecule is CC(C)(CC[N+](C)(C)CCC[N+](C)(C)C)NCl. The molecule has 0 saturated heterocycles. The molecule has 4 heteroatoms. The number of nitrogens with one attached hydrogen (secondary N) is 1. The van der Waals surface area contributed by atoms with Crippen LogP contribution in [0.1, 0.15) is 26.7 Å². The van der Waals surface area contributed by atoms with Crippen molar-refractivity contribution >= 4 is 11.8 Å². The average Bonchev–Trinajstić information content (AvgIpc) is 2.13. The Balaban J connectivity index is 3.96. The minimum atomic E-state index is 0.0250. The van der Waals surface area contributed by atoms with Crippen LogP contribution in [0.15, 0.2) is 0 Å². The van der Waals surface area contributed by atoms with Crippen molar-refractivity contribution in [2.45, 2.75) is 32.2 Å². The highest BCUT2D eigenvalue weighted by Gasteiger charge is 2.23. The van der Waals surface area contributed by atoms with Gasteiger partial charge in [0, 0.05) is 18.4 Å². The maximum absolute atomic E-state index is 5.73. The lowest BCUT2D eigenvalue weighted by Crippen LogP contribution is -2.47. The second-order valence-corrected chi connectivity index (χ2v) is 7.67. The molecular weight excluding hydrogens is 234 g/mol. The van der Waals surface area contributed by atoms with Crippen molar-refractivity contribution in [1.82, 2.24) is 4.84 Å². The lowest BCUT2D eigenvalue weighted by molar-refractivity contribution is -0.902. The van der Waals surface area contributed by atoms with E-state index in [1.807, 2.05) is 0 Å². The Morgan fingerprint density at radius 1 is 0.941 bits per heavy atom. The van der Waals surface area contributed by atoms with E-state index >= 15 is 0 Å². The Morgan fingerprint density at radius 3 is 1.88 bits per heavy atom. The molecule has 0 radical (unpaired) electrons. The molecule has 17 heavy (non-hydrogen) atoms. The van der Waals surface area contributed by atoms with E-state index in [0.717, 1.165) is 21.9 Å². The van der Waals surface area contributed by atoms with Crippen LogP contribution in [-0.2, 0) is 0 Å². The van der Waals surface area contributed by atoms with Gasteiger partial charge in [-0.1, -0.05) is 0 Å². The molecule has 0 unspecified atom stereocenters. The van der Waals surface area contributed by atoms with Gasteiger partial charge in [-0.2, -0.15) is 0 Å². The van der Waals surface area contributed by atoms with E-state index in [2.05, 4.69) is 53.9 Å². The highest BCUT2D eigenvalue weighted by atomic mass is 35.5. The highest BCUT2D eigenvalue weighted by molar-refractivity contribution is 6.13. The minimum Gasteiger partial charge on any atom is -0.331 e. The summed E-state index contributed by atoms with van der Waals surface area (Å²) < 4.78 is 2.12. The molecule has 0 aromatic heterocycles. The summed E-state index contributed by atoms with van der Waals surface area (Å²) >= 11 is 5.73. The second-order valence-electron chi connectivity index (χ2n) is 7.48. The predicted octanol–water partition coefficient (Wildman–Crippen LogP) is 2.07. The molecule has 0 aromatic carbocycles. The van der Waals surface area contributed by atoms with Gasteiger partial charge >= 0.3 is 0 Å². The van der Waals surface area contributed by atoms with Crippen molar-refractivity contribution in [3.05, 3.63) is 0 Å². The van der Waals surface area contributed by atoms with E-state index in [-0.39, 0.29) is 5.54 Å². The van der Waals surface area contributed by atoms with E-state index < -0.39 is 0 Å². The summed E-state index contributed by atoms with van der Waals surface area (Å²) in [4.78, 5) is 2.85. The van der Waals surface area contributed by atoms with Gasteiger partial charge in [-0.3, -0.25) is 0 Å². The first-order valence-corrected chi connectivity index (χ1v) is 6.86. The average molecular weight is 266 g/mol. The van der Waals surface area contributed by atoms with Gasteiger partial charge in [0.05, 0.1) is 54.9 Å². The topological polar surface area (TPSA) is 12.0 Å². The van der Waals surface area contributed by atoms with Crippen LogP contribution in [0, 0.1) is 0 Å². The fraction of sp³-hybridized carbons (Fsp3) is 1.00. The summed E-state index contributed by atoms with van der Waals surface area (Å²) in [6, 6.07) is 0. The fourth-order valence-corrected chi connectivity index (χ4v) is 1.81. The summed E-state index contributed by atoms with van der Waals surface area (Å²) in [5.74, 6) is 0. The van der Waals surface area contributed by atoms with Crippen LogP contribution in [0.25, 0.3) is 0 Å². The Hall–Kier alpha value is 0.170. The van der Waals surface area contributed by atoms with Gasteiger partial charge in [-0.05, 0) is 25.6 Å². The van der Waals surface area contributed by atoms with Gasteiger partial charge in [-0.15, -0.1) is 0 Å². The summed E-state index contributed by atoms with van der Waals surface area (Å²) in [5, 5.41) is 0. The van der Waals surface area contributed by atoms with Crippen LogP contribution in [-0.4, -0.2) is 69.4 Å². The molecule has 0 aromatic rings. The smallest absolute Gasteiger partial charge is 0.0836 e. The van der Waals surface area contributed by atoms with Crippen LogP contribution in [0.5, 0.6) is 0 Å². The minimum absolute atomic E-state index is 0.0250. The number of halogens is 1. The van der Waals surface area contributed by atoms with Gasteiger partial charge in [0.1, 0.15) is 0 Å². The summed E-state index contributed by atoms with van der Waals surface area (Å²) in [6.07, 6.45) is 2.36.